The molecule has 0 saturated carbocycles. The van der Waals surface area contributed by atoms with E-state index in [4.69, 9.17) is 0 Å². The van der Waals surface area contributed by atoms with Gasteiger partial charge in [-0.25, -0.2) is 8.42 Å². The third-order valence-corrected chi connectivity index (χ3v) is 8.75. The Morgan fingerprint density at radius 1 is 1.32 bits per heavy atom. The summed E-state index contributed by atoms with van der Waals surface area (Å²) in [7, 11) is 0.393. The fourth-order valence-electron chi connectivity index (χ4n) is 3.22. The monoisotopic (exact) mass is 485 g/mol. The highest BCUT2D eigenvalue weighted by atomic mass is 79.9. The van der Waals surface area contributed by atoms with Crippen molar-refractivity contribution in [3.05, 3.63) is 45.7 Å². The largest absolute Gasteiger partial charge is 0.378 e. The zero-order valence-corrected chi connectivity index (χ0v) is 19.1. The number of carbonyl (C=O) groups is 1. The van der Waals surface area contributed by atoms with E-state index in [0.717, 1.165) is 15.0 Å². The van der Waals surface area contributed by atoms with Crippen LogP contribution in [-0.4, -0.2) is 45.8 Å². The van der Waals surface area contributed by atoms with Crippen molar-refractivity contribution >= 4 is 48.9 Å². The van der Waals surface area contributed by atoms with Crippen molar-refractivity contribution in [2.24, 2.45) is 5.92 Å². The van der Waals surface area contributed by atoms with E-state index in [0.29, 0.717) is 30.1 Å². The van der Waals surface area contributed by atoms with Gasteiger partial charge in [0.1, 0.15) is 4.21 Å². The summed E-state index contributed by atoms with van der Waals surface area (Å²) in [6, 6.07) is 11.3. The first kappa shape index (κ1) is 21.3. The van der Waals surface area contributed by atoms with Crippen molar-refractivity contribution < 1.29 is 13.2 Å². The standard InChI is InChI=1S/C19H24BrN3O3S2/c1-22(2)16-7-3-5-14(11-16)12-21-19(24)15-6-4-10-23(13-15)28(25,26)18-9-8-17(20)27-18/h3,5,7-9,11,15H,4,6,10,12-13H2,1-2H3,(H,21,24). The van der Waals surface area contributed by atoms with E-state index in [-0.39, 0.29) is 18.4 Å². The van der Waals surface area contributed by atoms with Crippen molar-refractivity contribution in [1.82, 2.24) is 9.62 Å². The minimum absolute atomic E-state index is 0.0949. The third-order valence-electron chi connectivity index (χ3n) is 4.79. The minimum atomic E-state index is -3.55. The maximum absolute atomic E-state index is 12.8. The van der Waals surface area contributed by atoms with Crippen LogP contribution >= 0.6 is 27.3 Å². The number of hydrogen-bond acceptors (Lipinski definition) is 5. The summed E-state index contributed by atoms with van der Waals surface area (Å²) in [6.45, 7) is 1.11. The maximum atomic E-state index is 12.8. The number of thiophene rings is 1. The molecule has 152 valence electrons. The fraction of sp³-hybridized carbons (Fsp3) is 0.421. The van der Waals surface area contributed by atoms with E-state index >= 15 is 0 Å². The van der Waals surface area contributed by atoms with Gasteiger partial charge in [0.25, 0.3) is 10.0 Å². The second kappa shape index (κ2) is 8.94. The van der Waals surface area contributed by atoms with Crippen molar-refractivity contribution in [3.63, 3.8) is 0 Å². The lowest BCUT2D eigenvalue weighted by Crippen LogP contribution is -2.45. The Labute approximate surface area is 178 Å². The lowest BCUT2D eigenvalue weighted by Gasteiger charge is -2.30. The molecule has 0 aliphatic carbocycles. The molecule has 2 heterocycles. The van der Waals surface area contributed by atoms with E-state index in [2.05, 4.69) is 21.2 Å². The van der Waals surface area contributed by atoms with Gasteiger partial charge in [-0.1, -0.05) is 12.1 Å². The van der Waals surface area contributed by atoms with Crippen molar-refractivity contribution in [2.75, 3.05) is 32.1 Å². The van der Waals surface area contributed by atoms with Gasteiger partial charge in [-0.15, -0.1) is 11.3 Å². The van der Waals surface area contributed by atoms with Gasteiger partial charge in [0.05, 0.1) is 9.70 Å². The van der Waals surface area contributed by atoms with Gasteiger partial charge in [-0.3, -0.25) is 4.79 Å². The van der Waals surface area contributed by atoms with Crippen molar-refractivity contribution in [3.8, 4) is 0 Å². The molecule has 1 atom stereocenters. The summed E-state index contributed by atoms with van der Waals surface area (Å²) >= 11 is 4.50. The van der Waals surface area contributed by atoms with Crippen LogP contribution in [0, 0.1) is 5.92 Å². The molecule has 1 aliphatic rings. The molecule has 1 aliphatic heterocycles. The first-order valence-electron chi connectivity index (χ1n) is 9.07. The second-order valence-electron chi connectivity index (χ2n) is 7.04. The first-order valence-corrected chi connectivity index (χ1v) is 12.1. The summed E-state index contributed by atoms with van der Waals surface area (Å²) in [5.74, 6) is -0.425. The molecule has 1 saturated heterocycles. The summed E-state index contributed by atoms with van der Waals surface area (Å²) in [5, 5.41) is 2.97. The number of hydrogen-bond donors (Lipinski definition) is 1. The zero-order chi connectivity index (χ0) is 20.3. The van der Waals surface area contributed by atoms with E-state index in [1.54, 1.807) is 12.1 Å². The van der Waals surface area contributed by atoms with Gasteiger partial charge in [0, 0.05) is 39.4 Å². The lowest BCUT2D eigenvalue weighted by molar-refractivity contribution is -0.126. The molecule has 2 aromatic rings. The Bertz CT molecular complexity index is 943. The lowest BCUT2D eigenvalue weighted by atomic mass is 9.98. The van der Waals surface area contributed by atoms with Gasteiger partial charge < -0.3 is 10.2 Å². The van der Waals surface area contributed by atoms with Gasteiger partial charge >= 0.3 is 0 Å². The Hall–Kier alpha value is -1.42. The van der Waals surface area contributed by atoms with E-state index < -0.39 is 10.0 Å². The predicted octanol–water partition coefficient (Wildman–Crippen LogP) is 3.29. The SMILES string of the molecule is CN(C)c1cccc(CNC(=O)C2CCCN(S(=O)(=O)c3ccc(Br)s3)C2)c1. The normalized spacial score (nSPS) is 18.0. The van der Waals surface area contributed by atoms with Crippen LogP contribution in [0.5, 0.6) is 0 Å². The number of nitrogens with one attached hydrogen (secondary N) is 1. The molecule has 1 unspecified atom stereocenters. The van der Waals surface area contributed by atoms with E-state index in [9.17, 15) is 13.2 Å². The van der Waals surface area contributed by atoms with E-state index in [1.807, 2.05) is 43.3 Å². The van der Waals surface area contributed by atoms with Crippen LogP contribution in [-0.2, 0) is 21.4 Å². The first-order chi connectivity index (χ1) is 13.3. The van der Waals surface area contributed by atoms with Crippen LogP contribution in [0.25, 0.3) is 0 Å². The van der Waals surface area contributed by atoms with Crippen LogP contribution in [0.15, 0.2) is 44.4 Å². The van der Waals surface area contributed by atoms with Gasteiger partial charge in [0.15, 0.2) is 0 Å². The van der Waals surface area contributed by atoms with Crippen molar-refractivity contribution in [1.29, 1.82) is 0 Å². The van der Waals surface area contributed by atoms with Gasteiger partial charge in [-0.2, -0.15) is 4.31 Å². The van der Waals surface area contributed by atoms with Gasteiger partial charge in [-0.05, 0) is 58.6 Å². The Morgan fingerprint density at radius 3 is 2.79 bits per heavy atom. The molecule has 1 aromatic heterocycles. The summed E-state index contributed by atoms with van der Waals surface area (Å²) in [5.41, 5.74) is 2.09. The smallest absolute Gasteiger partial charge is 0.252 e. The number of carbonyl (C=O) groups excluding carboxylic acids is 1. The maximum Gasteiger partial charge on any atom is 0.252 e. The highest BCUT2D eigenvalue weighted by Crippen LogP contribution is 2.30. The Morgan fingerprint density at radius 2 is 2.11 bits per heavy atom. The molecule has 1 fully saturated rings. The number of nitrogens with zero attached hydrogens (tertiary/aromatic N) is 2. The van der Waals surface area contributed by atoms with Crippen LogP contribution < -0.4 is 10.2 Å². The molecule has 1 amide bonds. The number of anilines is 1. The van der Waals surface area contributed by atoms with Crippen LogP contribution in [0.4, 0.5) is 5.69 Å². The van der Waals surface area contributed by atoms with Crippen LogP contribution in [0.2, 0.25) is 0 Å². The third kappa shape index (κ3) is 4.94. The topological polar surface area (TPSA) is 69.7 Å². The van der Waals surface area contributed by atoms with Crippen molar-refractivity contribution in [2.45, 2.75) is 23.6 Å². The molecule has 0 bridgehead atoms. The molecule has 1 aromatic carbocycles. The highest BCUT2D eigenvalue weighted by Gasteiger charge is 2.34. The predicted molar refractivity (Wildman–Crippen MR) is 116 cm³/mol. The van der Waals surface area contributed by atoms with Gasteiger partial charge in [0.2, 0.25) is 5.91 Å². The quantitative estimate of drug-likeness (QED) is 0.681. The summed E-state index contributed by atoms with van der Waals surface area (Å²) in [4.78, 5) is 14.7. The molecular weight excluding hydrogens is 462 g/mol. The zero-order valence-electron chi connectivity index (χ0n) is 15.9. The summed E-state index contributed by atoms with van der Waals surface area (Å²) < 4.78 is 28.2. The van der Waals surface area contributed by atoms with Crippen LogP contribution in [0.1, 0.15) is 18.4 Å². The molecule has 0 spiro atoms. The minimum Gasteiger partial charge on any atom is -0.378 e. The number of halogens is 1. The second-order valence-corrected chi connectivity index (χ2v) is 11.7. The average Bonchev–Trinajstić information content (AvgIpc) is 3.13. The molecular formula is C19H24BrN3O3S2. The molecule has 6 nitrogen and oxygen atoms in total. The molecule has 0 radical (unpaired) electrons. The Kier molecular flexibility index (Phi) is 6.80. The molecule has 9 heteroatoms. The Balaban J connectivity index is 1.62. The number of piperidine rings is 1. The molecule has 28 heavy (non-hydrogen) atoms. The molecule has 3 rings (SSSR count). The molecule has 1 N–H and O–H groups in total. The van der Waals surface area contributed by atoms with Crippen LogP contribution in [0.3, 0.4) is 0 Å². The van der Waals surface area contributed by atoms with E-state index in [1.165, 1.54) is 15.6 Å². The highest BCUT2D eigenvalue weighted by molar-refractivity contribution is 9.11. The number of rotatable bonds is 6. The number of sulfonamides is 1. The number of amides is 1. The average molecular weight is 486 g/mol. The number of benzene rings is 1. The summed E-state index contributed by atoms with van der Waals surface area (Å²) in [6.07, 6.45) is 1.38. The fourth-order valence-corrected chi connectivity index (χ4v) is 6.90.